The molecule has 0 aliphatic carbocycles. The lowest BCUT2D eigenvalue weighted by atomic mass is 10.3. The van der Waals surface area contributed by atoms with Crippen LogP contribution >= 0.6 is 0 Å². The highest BCUT2D eigenvalue weighted by atomic mass is 32.2. The minimum Gasteiger partial charge on any atom is -0.395 e. The molecule has 0 heterocycles. The quantitative estimate of drug-likeness (QED) is 0.855. The van der Waals surface area contributed by atoms with Crippen LogP contribution in [0.2, 0.25) is 0 Å². The fraction of sp³-hybridized carbons (Fsp3) is 0.455. The van der Waals surface area contributed by atoms with E-state index in [-0.39, 0.29) is 19.7 Å². The van der Waals surface area contributed by atoms with Gasteiger partial charge in [0.2, 0.25) is 10.0 Å². The van der Waals surface area contributed by atoms with Crippen LogP contribution in [0.3, 0.4) is 0 Å². The van der Waals surface area contributed by atoms with Gasteiger partial charge in [-0.15, -0.1) is 0 Å². The summed E-state index contributed by atoms with van der Waals surface area (Å²) in [7, 11) is -3.98. The molecule has 0 aliphatic heterocycles. The van der Waals surface area contributed by atoms with Crippen LogP contribution in [0.25, 0.3) is 0 Å². The molecule has 1 aromatic rings. The Morgan fingerprint density at radius 3 is 2.17 bits per heavy atom. The number of benzene rings is 1. The highest BCUT2D eigenvalue weighted by Crippen LogP contribution is 2.18. The minimum absolute atomic E-state index is 0.103. The van der Waals surface area contributed by atoms with E-state index in [0.29, 0.717) is 12.5 Å². The average Bonchev–Trinajstić information content (AvgIpc) is 2.27. The van der Waals surface area contributed by atoms with E-state index in [9.17, 15) is 17.2 Å². The van der Waals surface area contributed by atoms with Crippen molar-refractivity contribution in [1.29, 1.82) is 0 Å². The molecule has 102 valence electrons. The molecule has 0 fully saturated rings. The number of aliphatic hydroxyl groups is 1. The van der Waals surface area contributed by atoms with Crippen LogP contribution in [0.15, 0.2) is 23.1 Å². The zero-order valence-corrected chi connectivity index (χ0v) is 10.8. The predicted octanol–water partition coefficient (Wildman–Crippen LogP) is 1.36. The third kappa shape index (κ3) is 3.47. The van der Waals surface area contributed by atoms with Crippen molar-refractivity contribution in [2.24, 2.45) is 0 Å². The van der Waals surface area contributed by atoms with Crippen LogP contribution in [0.1, 0.15) is 13.3 Å². The Hall–Kier alpha value is -1.05. The van der Waals surface area contributed by atoms with Gasteiger partial charge in [-0.05, 0) is 18.6 Å². The van der Waals surface area contributed by atoms with E-state index in [1.54, 1.807) is 6.92 Å². The summed E-state index contributed by atoms with van der Waals surface area (Å²) in [6.07, 6.45) is 0.539. The van der Waals surface area contributed by atoms with Gasteiger partial charge in [-0.2, -0.15) is 4.31 Å². The summed E-state index contributed by atoms with van der Waals surface area (Å²) in [6, 6.07) is 2.13. The third-order valence-electron chi connectivity index (χ3n) is 2.30. The number of hydrogen-bond donors (Lipinski definition) is 1. The molecule has 0 saturated heterocycles. The van der Waals surface area contributed by atoms with Crippen molar-refractivity contribution in [3.8, 4) is 0 Å². The Kier molecular flexibility index (Phi) is 5.18. The third-order valence-corrected chi connectivity index (χ3v) is 4.17. The van der Waals surface area contributed by atoms with Crippen LogP contribution in [0, 0.1) is 11.6 Å². The number of nitrogens with zero attached hydrogens (tertiary/aromatic N) is 1. The zero-order valence-electron chi connectivity index (χ0n) is 9.94. The fourth-order valence-electron chi connectivity index (χ4n) is 1.54. The van der Waals surface area contributed by atoms with Gasteiger partial charge in [0.05, 0.1) is 11.5 Å². The van der Waals surface area contributed by atoms with E-state index in [1.165, 1.54) is 0 Å². The van der Waals surface area contributed by atoms with Crippen molar-refractivity contribution in [2.75, 3.05) is 19.7 Å². The number of halogens is 2. The van der Waals surface area contributed by atoms with Crippen LogP contribution in [0.4, 0.5) is 8.78 Å². The van der Waals surface area contributed by atoms with E-state index in [4.69, 9.17) is 5.11 Å². The molecule has 1 rings (SSSR count). The van der Waals surface area contributed by atoms with Crippen molar-refractivity contribution in [3.63, 3.8) is 0 Å². The van der Waals surface area contributed by atoms with Crippen molar-refractivity contribution in [2.45, 2.75) is 18.2 Å². The maximum atomic E-state index is 13.0. The van der Waals surface area contributed by atoms with Gasteiger partial charge in [-0.25, -0.2) is 17.2 Å². The maximum Gasteiger partial charge on any atom is 0.243 e. The summed E-state index contributed by atoms with van der Waals surface area (Å²) >= 11 is 0. The fourth-order valence-corrected chi connectivity index (χ4v) is 3.11. The molecule has 0 saturated carbocycles. The van der Waals surface area contributed by atoms with Crippen molar-refractivity contribution >= 4 is 10.0 Å². The summed E-state index contributed by atoms with van der Waals surface area (Å²) in [5, 5.41) is 8.83. The lowest BCUT2D eigenvalue weighted by molar-refractivity contribution is 0.253. The molecule has 0 aliphatic rings. The molecule has 0 bridgehead atoms. The second-order valence-electron chi connectivity index (χ2n) is 3.73. The molecule has 0 spiro atoms. The van der Waals surface area contributed by atoms with E-state index < -0.39 is 26.6 Å². The Labute approximate surface area is 105 Å². The SMILES string of the molecule is CCCN(CCO)S(=O)(=O)c1cc(F)cc(F)c1. The first-order valence-corrected chi connectivity index (χ1v) is 6.93. The van der Waals surface area contributed by atoms with Gasteiger partial charge in [0.15, 0.2) is 0 Å². The van der Waals surface area contributed by atoms with Crippen molar-refractivity contribution in [3.05, 3.63) is 29.8 Å². The topological polar surface area (TPSA) is 57.6 Å². The molecule has 7 heteroatoms. The summed E-state index contributed by atoms with van der Waals surface area (Å²) in [4.78, 5) is -0.443. The summed E-state index contributed by atoms with van der Waals surface area (Å²) in [6.45, 7) is 1.50. The molecule has 1 N–H and O–H groups in total. The molecule has 0 radical (unpaired) electrons. The Bertz CT molecular complexity index is 479. The van der Waals surface area contributed by atoms with Crippen LogP contribution < -0.4 is 0 Å². The second-order valence-corrected chi connectivity index (χ2v) is 5.67. The van der Waals surface area contributed by atoms with Gasteiger partial charge < -0.3 is 5.11 Å². The molecule has 0 atom stereocenters. The molecule has 4 nitrogen and oxygen atoms in total. The van der Waals surface area contributed by atoms with Gasteiger partial charge >= 0.3 is 0 Å². The first kappa shape index (κ1) is 15.0. The van der Waals surface area contributed by atoms with Crippen molar-refractivity contribution < 1.29 is 22.3 Å². The monoisotopic (exact) mass is 279 g/mol. The normalized spacial score (nSPS) is 12.1. The zero-order chi connectivity index (χ0) is 13.8. The first-order chi connectivity index (χ1) is 8.41. The molecule has 0 aromatic heterocycles. The lowest BCUT2D eigenvalue weighted by Gasteiger charge is -2.20. The summed E-state index contributed by atoms with van der Waals surface area (Å²) < 4.78 is 51.2. The Morgan fingerprint density at radius 1 is 1.17 bits per heavy atom. The van der Waals surface area contributed by atoms with E-state index in [1.807, 2.05) is 0 Å². The number of sulfonamides is 1. The number of hydrogen-bond acceptors (Lipinski definition) is 3. The largest absolute Gasteiger partial charge is 0.395 e. The van der Waals surface area contributed by atoms with E-state index in [2.05, 4.69) is 0 Å². The van der Waals surface area contributed by atoms with Gasteiger partial charge in [-0.3, -0.25) is 0 Å². The van der Waals surface area contributed by atoms with Gasteiger partial charge in [0.1, 0.15) is 11.6 Å². The van der Waals surface area contributed by atoms with Crippen LogP contribution in [-0.4, -0.2) is 37.5 Å². The Balaban J connectivity index is 3.17. The highest BCUT2D eigenvalue weighted by Gasteiger charge is 2.24. The number of aliphatic hydroxyl groups excluding tert-OH is 1. The van der Waals surface area contributed by atoms with Gasteiger partial charge in [0, 0.05) is 19.2 Å². The second kappa shape index (κ2) is 6.21. The Morgan fingerprint density at radius 2 is 1.72 bits per heavy atom. The van der Waals surface area contributed by atoms with Crippen LogP contribution in [-0.2, 0) is 10.0 Å². The van der Waals surface area contributed by atoms with E-state index in [0.717, 1.165) is 16.4 Å². The molecule has 0 unspecified atom stereocenters. The lowest BCUT2D eigenvalue weighted by Crippen LogP contribution is -2.34. The molecular weight excluding hydrogens is 264 g/mol. The number of rotatable bonds is 6. The molecule has 18 heavy (non-hydrogen) atoms. The standard InChI is InChI=1S/C11H15F2NO3S/c1-2-3-14(4-5-15)18(16,17)11-7-9(12)6-10(13)8-11/h6-8,15H,2-5H2,1H3. The van der Waals surface area contributed by atoms with Gasteiger partial charge in [-0.1, -0.05) is 6.92 Å². The maximum absolute atomic E-state index is 13.0. The van der Waals surface area contributed by atoms with Gasteiger partial charge in [0.25, 0.3) is 0 Å². The molecular formula is C11H15F2NO3S. The first-order valence-electron chi connectivity index (χ1n) is 5.49. The molecule has 0 amide bonds. The summed E-state index contributed by atoms with van der Waals surface area (Å²) in [5.41, 5.74) is 0. The van der Waals surface area contributed by atoms with E-state index >= 15 is 0 Å². The smallest absolute Gasteiger partial charge is 0.243 e. The average molecular weight is 279 g/mol. The minimum atomic E-state index is -3.98. The van der Waals surface area contributed by atoms with Crippen molar-refractivity contribution in [1.82, 2.24) is 4.31 Å². The summed E-state index contributed by atoms with van der Waals surface area (Å²) in [5.74, 6) is -1.90. The molecule has 1 aromatic carbocycles. The predicted molar refractivity (Wildman–Crippen MR) is 62.5 cm³/mol. The highest BCUT2D eigenvalue weighted by molar-refractivity contribution is 7.89. The van der Waals surface area contributed by atoms with Crippen LogP contribution in [0.5, 0.6) is 0 Å².